The first kappa shape index (κ1) is 17.0. The first-order chi connectivity index (χ1) is 11.5. The highest BCUT2D eigenvalue weighted by molar-refractivity contribution is 7.98. The largest absolute Gasteiger partial charge is 0.372 e. The van der Waals surface area contributed by atoms with Crippen LogP contribution >= 0.6 is 11.8 Å². The van der Waals surface area contributed by atoms with Crippen LogP contribution in [0.1, 0.15) is 29.8 Å². The van der Waals surface area contributed by atoms with Crippen LogP contribution in [0, 0.1) is 0 Å². The van der Waals surface area contributed by atoms with E-state index in [2.05, 4.69) is 11.1 Å². The summed E-state index contributed by atoms with van der Waals surface area (Å²) in [6, 6.07) is 7.89. The standard InChI is InChI=1S/C18H23N3O2S/c1-13-10-21(11-14(2)23-13)17(22)16-6-4-5-15(9-16)12-24-18-19-7-8-20(18)3/h4-9,13-14H,10-12H2,1-3H3/t13-,14-/m0/s1. The number of aryl methyl sites for hydroxylation is 1. The normalized spacial score (nSPS) is 21.0. The van der Waals surface area contributed by atoms with Crippen molar-refractivity contribution in [1.82, 2.24) is 14.5 Å². The Morgan fingerprint density at radius 2 is 2.08 bits per heavy atom. The molecule has 0 unspecified atom stereocenters. The lowest BCUT2D eigenvalue weighted by Crippen LogP contribution is -2.48. The molecular weight excluding hydrogens is 322 g/mol. The Hall–Kier alpha value is -1.79. The maximum Gasteiger partial charge on any atom is 0.254 e. The fraction of sp³-hybridized carbons (Fsp3) is 0.444. The fourth-order valence-corrected chi connectivity index (χ4v) is 3.83. The Balaban J connectivity index is 1.68. The van der Waals surface area contributed by atoms with Gasteiger partial charge in [-0.1, -0.05) is 23.9 Å². The van der Waals surface area contributed by atoms with Crippen LogP contribution in [-0.4, -0.2) is 45.7 Å². The van der Waals surface area contributed by atoms with E-state index in [1.807, 2.05) is 54.8 Å². The molecule has 0 saturated carbocycles. The summed E-state index contributed by atoms with van der Waals surface area (Å²) >= 11 is 1.67. The van der Waals surface area contributed by atoms with E-state index in [0.717, 1.165) is 22.0 Å². The van der Waals surface area contributed by atoms with Crippen molar-refractivity contribution in [1.29, 1.82) is 0 Å². The van der Waals surface area contributed by atoms with Gasteiger partial charge in [-0.05, 0) is 31.5 Å². The molecule has 1 amide bonds. The van der Waals surface area contributed by atoms with Gasteiger partial charge in [0, 0.05) is 43.8 Å². The van der Waals surface area contributed by atoms with Crippen molar-refractivity contribution >= 4 is 17.7 Å². The van der Waals surface area contributed by atoms with E-state index in [1.54, 1.807) is 18.0 Å². The molecule has 1 aromatic heterocycles. The minimum Gasteiger partial charge on any atom is -0.372 e. The Bertz CT molecular complexity index is 706. The second-order valence-corrected chi connectivity index (χ2v) is 7.22. The van der Waals surface area contributed by atoms with Crippen molar-refractivity contribution in [3.63, 3.8) is 0 Å². The Morgan fingerprint density at radius 3 is 2.75 bits per heavy atom. The molecule has 1 aliphatic heterocycles. The van der Waals surface area contributed by atoms with Crippen molar-refractivity contribution in [2.75, 3.05) is 13.1 Å². The van der Waals surface area contributed by atoms with Gasteiger partial charge in [0.15, 0.2) is 5.16 Å². The quantitative estimate of drug-likeness (QED) is 0.800. The lowest BCUT2D eigenvalue weighted by Gasteiger charge is -2.35. The van der Waals surface area contributed by atoms with Gasteiger partial charge in [-0.15, -0.1) is 0 Å². The molecule has 0 radical (unpaired) electrons. The lowest BCUT2D eigenvalue weighted by molar-refractivity contribution is -0.0586. The van der Waals surface area contributed by atoms with Gasteiger partial charge in [0.25, 0.3) is 5.91 Å². The van der Waals surface area contributed by atoms with E-state index in [9.17, 15) is 4.79 Å². The zero-order valence-electron chi connectivity index (χ0n) is 14.3. The monoisotopic (exact) mass is 345 g/mol. The van der Waals surface area contributed by atoms with Crippen LogP contribution in [0.15, 0.2) is 41.8 Å². The van der Waals surface area contributed by atoms with Crippen molar-refractivity contribution in [3.8, 4) is 0 Å². The minimum atomic E-state index is 0.0832. The number of imidazole rings is 1. The maximum absolute atomic E-state index is 12.8. The number of rotatable bonds is 4. The molecule has 0 aliphatic carbocycles. The molecule has 2 aromatic rings. The van der Waals surface area contributed by atoms with E-state index >= 15 is 0 Å². The highest BCUT2D eigenvalue weighted by Crippen LogP contribution is 2.22. The molecule has 0 spiro atoms. The third-order valence-electron chi connectivity index (χ3n) is 4.03. The molecule has 0 bridgehead atoms. The lowest BCUT2D eigenvalue weighted by atomic mass is 10.1. The molecule has 1 aliphatic rings. The van der Waals surface area contributed by atoms with Crippen LogP contribution < -0.4 is 0 Å². The van der Waals surface area contributed by atoms with Crippen LogP contribution in [0.5, 0.6) is 0 Å². The van der Waals surface area contributed by atoms with Crippen LogP contribution in [0.2, 0.25) is 0 Å². The summed E-state index contributed by atoms with van der Waals surface area (Å²) in [5.41, 5.74) is 1.87. The number of hydrogen-bond acceptors (Lipinski definition) is 4. The molecule has 0 N–H and O–H groups in total. The van der Waals surface area contributed by atoms with Crippen LogP contribution in [0.3, 0.4) is 0 Å². The number of benzene rings is 1. The predicted molar refractivity (Wildman–Crippen MR) is 95.1 cm³/mol. The number of morpholine rings is 1. The van der Waals surface area contributed by atoms with Crippen LogP contribution in [-0.2, 0) is 17.5 Å². The fourth-order valence-electron chi connectivity index (χ4n) is 2.96. The summed E-state index contributed by atoms with van der Waals surface area (Å²) in [5.74, 6) is 0.878. The van der Waals surface area contributed by atoms with Gasteiger partial charge in [0.05, 0.1) is 12.2 Å². The molecule has 3 rings (SSSR count). The highest BCUT2D eigenvalue weighted by Gasteiger charge is 2.26. The van der Waals surface area contributed by atoms with Crippen molar-refractivity contribution in [2.24, 2.45) is 7.05 Å². The second-order valence-electron chi connectivity index (χ2n) is 6.28. The number of carbonyl (C=O) groups is 1. The molecule has 2 atom stereocenters. The first-order valence-corrected chi connectivity index (χ1v) is 9.15. The van der Waals surface area contributed by atoms with E-state index in [0.29, 0.717) is 13.1 Å². The number of amides is 1. The third kappa shape index (κ3) is 3.99. The van der Waals surface area contributed by atoms with Crippen LogP contribution in [0.25, 0.3) is 0 Å². The number of hydrogen-bond donors (Lipinski definition) is 0. The molecule has 1 fully saturated rings. The average Bonchev–Trinajstić information content (AvgIpc) is 2.97. The van der Waals surface area contributed by atoms with Crippen molar-refractivity contribution in [2.45, 2.75) is 37.0 Å². The molecule has 128 valence electrons. The molecule has 6 heteroatoms. The van der Waals surface area contributed by atoms with Gasteiger partial charge in [0.1, 0.15) is 0 Å². The van der Waals surface area contributed by atoms with E-state index in [4.69, 9.17) is 4.74 Å². The number of thioether (sulfide) groups is 1. The summed E-state index contributed by atoms with van der Waals surface area (Å²) in [6.45, 7) is 5.32. The molecule has 1 aromatic carbocycles. The van der Waals surface area contributed by atoms with Gasteiger partial charge in [-0.2, -0.15) is 0 Å². The zero-order chi connectivity index (χ0) is 17.1. The smallest absolute Gasteiger partial charge is 0.254 e. The Kier molecular flexibility index (Phi) is 5.26. The number of carbonyl (C=O) groups excluding carboxylic acids is 1. The zero-order valence-corrected chi connectivity index (χ0v) is 15.1. The van der Waals surface area contributed by atoms with Gasteiger partial charge in [0.2, 0.25) is 0 Å². The molecule has 5 nitrogen and oxygen atoms in total. The van der Waals surface area contributed by atoms with Crippen molar-refractivity contribution < 1.29 is 9.53 Å². The predicted octanol–water partition coefficient (Wildman–Crippen LogP) is 2.96. The number of ether oxygens (including phenoxy) is 1. The van der Waals surface area contributed by atoms with E-state index in [1.165, 1.54) is 0 Å². The summed E-state index contributed by atoms with van der Waals surface area (Å²) < 4.78 is 7.71. The second kappa shape index (κ2) is 7.40. The van der Waals surface area contributed by atoms with Gasteiger partial charge >= 0.3 is 0 Å². The van der Waals surface area contributed by atoms with Gasteiger partial charge in [-0.3, -0.25) is 4.79 Å². The minimum absolute atomic E-state index is 0.0832. The van der Waals surface area contributed by atoms with E-state index < -0.39 is 0 Å². The molecule has 1 saturated heterocycles. The van der Waals surface area contributed by atoms with Gasteiger partial charge < -0.3 is 14.2 Å². The van der Waals surface area contributed by atoms with E-state index in [-0.39, 0.29) is 18.1 Å². The molecule has 24 heavy (non-hydrogen) atoms. The van der Waals surface area contributed by atoms with Crippen molar-refractivity contribution in [3.05, 3.63) is 47.8 Å². The highest BCUT2D eigenvalue weighted by atomic mass is 32.2. The Labute approximate surface area is 147 Å². The third-order valence-corrected chi connectivity index (χ3v) is 5.15. The summed E-state index contributed by atoms with van der Waals surface area (Å²) in [7, 11) is 1.98. The topological polar surface area (TPSA) is 47.4 Å². The summed E-state index contributed by atoms with van der Waals surface area (Å²) in [4.78, 5) is 19.0. The van der Waals surface area contributed by atoms with Crippen LogP contribution in [0.4, 0.5) is 0 Å². The summed E-state index contributed by atoms with van der Waals surface area (Å²) in [6.07, 6.45) is 3.89. The number of aromatic nitrogens is 2. The SMILES string of the molecule is C[C@H]1CN(C(=O)c2cccc(CSc3nccn3C)c2)C[C@H](C)O1. The number of nitrogens with zero attached hydrogens (tertiary/aromatic N) is 3. The van der Waals surface area contributed by atoms with Gasteiger partial charge in [-0.25, -0.2) is 4.98 Å². The Morgan fingerprint density at radius 1 is 1.33 bits per heavy atom. The maximum atomic E-state index is 12.8. The molecular formula is C18H23N3O2S. The first-order valence-electron chi connectivity index (χ1n) is 8.16. The summed E-state index contributed by atoms with van der Waals surface area (Å²) in [5, 5.41) is 0.975. The molecule has 2 heterocycles. The average molecular weight is 345 g/mol.